The summed E-state index contributed by atoms with van der Waals surface area (Å²) in [5, 5.41) is 19.2. The second kappa shape index (κ2) is 7.34. The average Bonchev–Trinajstić information content (AvgIpc) is 2.23. The van der Waals surface area contributed by atoms with Crippen molar-refractivity contribution in [3.05, 3.63) is 33.8 Å². The topological polar surface area (TPSA) is 69.6 Å². The van der Waals surface area contributed by atoms with Gasteiger partial charge in [-0.1, -0.05) is 29.3 Å². The van der Waals surface area contributed by atoms with Gasteiger partial charge in [0, 0.05) is 7.05 Å². The predicted molar refractivity (Wildman–Crippen MR) is 59.5 cm³/mol. The number of rotatable bonds is 1. The monoisotopic (exact) mass is 251 g/mol. The van der Waals surface area contributed by atoms with Gasteiger partial charge in [0.2, 0.25) is 0 Å². The molecule has 3 N–H and O–H groups in total. The fraction of sp³-hybridized carbons (Fsp3) is 0.222. The lowest BCUT2D eigenvalue weighted by molar-refractivity contribution is 0.197. The van der Waals surface area contributed by atoms with Gasteiger partial charge in [-0.3, -0.25) is 0 Å². The van der Waals surface area contributed by atoms with Crippen molar-refractivity contribution >= 4 is 29.3 Å². The van der Waals surface area contributed by atoms with Crippen LogP contribution in [0.15, 0.2) is 18.2 Å². The molecule has 6 heteroatoms. The Bertz CT molecular complexity index is 331. The minimum Gasteiger partial charge on any atom is -0.465 e. The van der Waals surface area contributed by atoms with Gasteiger partial charge in [0.25, 0.3) is 0 Å². The second-order valence-corrected chi connectivity index (χ2v) is 3.28. The van der Waals surface area contributed by atoms with Crippen LogP contribution in [-0.4, -0.2) is 23.4 Å². The van der Waals surface area contributed by atoms with E-state index in [4.69, 9.17) is 33.4 Å². The summed E-state index contributed by atoms with van der Waals surface area (Å²) < 4.78 is 0. The highest BCUT2D eigenvalue weighted by molar-refractivity contribution is 6.41. The maximum atomic E-state index is 9.26. The number of aliphatic hydroxyl groups is 1. The summed E-state index contributed by atoms with van der Waals surface area (Å²) in [5.74, 6) is 0. The Morgan fingerprint density at radius 1 is 1.40 bits per heavy atom. The number of hydrogen-bond donors (Lipinski definition) is 3. The van der Waals surface area contributed by atoms with Crippen molar-refractivity contribution in [1.29, 1.82) is 0 Å². The third-order valence-electron chi connectivity index (χ3n) is 1.38. The SMILES string of the molecule is CNC(=O)O.OCc1ccc(Cl)c(Cl)c1. The van der Waals surface area contributed by atoms with E-state index < -0.39 is 6.09 Å². The summed E-state index contributed by atoms with van der Waals surface area (Å²) in [6, 6.07) is 5.04. The molecule has 1 aromatic carbocycles. The molecule has 1 aromatic rings. The number of nitrogens with one attached hydrogen (secondary N) is 1. The van der Waals surface area contributed by atoms with Gasteiger partial charge < -0.3 is 15.5 Å². The van der Waals surface area contributed by atoms with Gasteiger partial charge in [0.15, 0.2) is 0 Å². The van der Waals surface area contributed by atoms with Crippen LogP contribution in [0.2, 0.25) is 10.0 Å². The predicted octanol–water partition coefficient (Wildman–Crippen LogP) is 2.37. The molecule has 1 rings (SSSR count). The standard InChI is InChI=1S/C7H6Cl2O.C2H5NO2/c8-6-2-1-5(4-10)3-7(6)9;1-3-2(4)5/h1-3,10H,4H2;3H,1H3,(H,4,5). The highest BCUT2D eigenvalue weighted by Gasteiger charge is 1.96. The van der Waals surface area contributed by atoms with Crippen molar-refractivity contribution in [1.82, 2.24) is 5.32 Å². The van der Waals surface area contributed by atoms with Crippen LogP contribution in [0.25, 0.3) is 0 Å². The maximum absolute atomic E-state index is 9.26. The first kappa shape index (κ1) is 14.0. The number of benzene rings is 1. The maximum Gasteiger partial charge on any atom is 0.404 e. The van der Waals surface area contributed by atoms with E-state index in [0.29, 0.717) is 10.0 Å². The van der Waals surface area contributed by atoms with Crippen LogP contribution in [0, 0.1) is 0 Å². The van der Waals surface area contributed by atoms with E-state index >= 15 is 0 Å². The van der Waals surface area contributed by atoms with E-state index in [1.165, 1.54) is 7.05 Å². The first-order valence-corrected chi connectivity index (χ1v) is 4.72. The Labute approximate surface area is 97.4 Å². The summed E-state index contributed by atoms with van der Waals surface area (Å²) in [6.07, 6.45) is -0.995. The summed E-state index contributed by atoms with van der Waals surface area (Å²) in [7, 11) is 1.35. The fourth-order valence-corrected chi connectivity index (χ4v) is 0.959. The van der Waals surface area contributed by atoms with Crippen LogP contribution in [0.3, 0.4) is 0 Å². The summed E-state index contributed by atoms with van der Waals surface area (Å²) in [5.41, 5.74) is 0.773. The molecule has 4 nitrogen and oxygen atoms in total. The molecular weight excluding hydrogens is 241 g/mol. The number of hydrogen-bond acceptors (Lipinski definition) is 2. The number of halogens is 2. The zero-order chi connectivity index (χ0) is 11.8. The first-order valence-electron chi connectivity index (χ1n) is 3.96. The van der Waals surface area contributed by atoms with Crippen LogP contribution < -0.4 is 5.32 Å². The van der Waals surface area contributed by atoms with Crippen molar-refractivity contribution in [2.24, 2.45) is 0 Å². The Hall–Kier alpha value is -0.970. The summed E-state index contributed by atoms with van der Waals surface area (Å²) in [4.78, 5) is 9.26. The molecule has 0 aliphatic carbocycles. The summed E-state index contributed by atoms with van der Waals surface area (Å²) in [6.45, 7) is -0.00309. The molecule has 0 aromatic heterocycles. The van der Waals surface area contributed by atoms with Gasteiger partial charge in [0.05, 0.1) is 16.7 Å². The molecule has 0 aliphatic rings. The molecule has 0 atom stereocenters. The highest BCUT2D eigenvalue weighted by atomic mass is 35.5. The molecule has 0 fully saturated rings. The van der Waals surface area contributed by atoms with E-state index in [1.54, 1.807) is 18.2 Å². The van der Waals surface area contributed by atoms with Gasteiger partial charge in [-0.05, 0) is 17.7 Å². The molecule has 0 aliphatic heterocycles. The molecule has 0 bridgehead atoms. The van der Waals surface area contributed by atoms with E-state index in [2.05, 4.69) is 0 Å². The van der Waals surface area contributed by atoms with E-state index in [0.717, 1.165) is 5.56 Å². The lowest BCUT2D eigenvalue weighted by Crippen LogP contribution is -2.13. The van der Waals surface area contributed by atoms with Gasteiger partial charge >= 0.3 is 6.09 Å². The molecule has 0 saturated carbocycles. The molecule has 0 spiro atoms. The van der Waals surface area contributed by atoms with Crippen molar-refractivity contribution in [3.63, 3.8) is 0 Å². The Morgan fingerprint density at radius 2 is 1.93 bits per heavy atom. The first-order chi connectivity index (χ1) is 7.01. The van der Waals surface area contributed by atoms with Gasteiger partial charge in [-0.15, -0.1) is 0 Å². The van der Waals surface area contributed by atoms with Crippen LogP contribution in [0.4, 0.5) is 4.79 Å². The lowest BCUT2D eigenvalue weighted by atomic mass is 10.2. The molecule has 0 radical (unpaired) electrons. The fourth-order valence-electron chi connectivity index (χ4n) is 0.638. The third kappa shape index (κ3) is 6.17. The molecule has 0 heterocycles. The van der Waals surface area contributed by atoms with Crippen molar-refractivity contribution < 1.29 is 15.0 Å². The third-order valence-corrected chi connectivity index (χ3v) is 2.12. The van der Waals surface area contributed by atoms with E-state index in [-0.39, 0.29) is 6.61 Å². The normalized spacial score (nSPS) is 8.80. The van der Waals surface area contributed by atoms with Crippen molar-refractivity contribution in [2.75, 3.05) is 7.05 Å². The molecular formula is C9H11Cl2NO3. The molecule has 84 valence electrons. The number of amides is 1. The van der Waals surface area contributed by atoms with Gasteiger partial charge in [0.1, 0.15) is 0 Å². The number of aliphatic hydroxyl groups excluding tert-OH is 1. The van der Waals surface area contributed by atoms with Gasteiger partial charge in [-0.25, -0.2) is 4.79 Å². The molecule has 1 amide bonds. The number of carboxylic acid groups (broad SMARTS) is 1. The van der Waals surface area contributed by atoms with Crippen LogP contribution in [0.5, 0.6) is 0 Å². The largest absolute Gasteiger partial charge is 0.465 e. The Balaban J connectivity index is 0.000000336. The van der Waals surface area contributed by atoms with E-state index in [1.807, 2.05) is 5.32 Å². The highest BCUT2D eigenvalue weighted by Crippen LogP contribution is 2.22. The summed E-state index contributed by atoms with van der Waals surface area (Å²) >= 11 is 11.3. The Morgan fingerprint density at radius 3 is 2.27 bits per heavy atom. The van der Waals surface area contributed by atoms with E-state index in [9.17, 15) is 4.79 Å². The van der Waals surface area contributed by atoms with Crippen LogP contribution in [-0.2, 0) is 6.61 Å². The van der Waals surface area contributed by atoms with Crippen molar-refractivity contribution in [2.45, 2.75) is 6.61 Å². The quantitative estimate of drug-likeness (QED) is 0.718. The minimum atomic E-state index is -0.995. The number of carbonyl (C=O) groups is 1. The smallest absolute Gasteiger partial charge is 0.404 e. The van der Waals surface area contributed by atoms with Crippen molar-refractivity contribution in [3.8, 4) is 0 Å². The molecule has 0 unspecified atom stereocenters. The minimum absolute atomic E-state index is 0.00309. The van der Waals surface area contributed by atoms with Crippen LogP contribution >= 0.6 is 23.2 Å². The van der Waals surface area contributed by atoms with Gasteiger partial charge in [-0.2, -0.15) is 0 Å². The second-order valence-electron chi connectivity index (χ2n) is 2.46. The molecule has 0 saturated heterocycles. The zero-order valence-electron chi connectivity index (χ0n) is 8.00. The molecule has 15 heavy (non-hydrogen) atoms. The lowest BCUT2D eigenvalue weighted by Gasteiger charge is -1.97. The average molecular weight is 252 g/mol. The Kier molecular flexibility index (Phi) is 6.86. The zero-order valence-corrected chi connectivity index (χ0v) is 9.51. The van der Waals surface area contributed by atoms with Crippen LogP contribution in [0.1, 0.15) is 5.56 Å².